The summed E-state index contributed by atoms with van der Waals surface area (Å²) in [6.07, 6.45) is 7.99. The van der Waals surface area contributed by atoms with Gasteiger partial charge in [0.05, 0.1) is 0 Å². The molecule has 16 heavy (non-hydrogen) atoms. The molecule has 0 bridgehead atoms. The fraction of sp³-hybridized carbons (Fsp3) is 0.812. The molecule has 2 rings (SSSR count). The maximum atomic E-state index is 2.46. The summed E-state index contributed by atoms with van der Waals surface area (Å²) in [5, 5.41) is 0. The largest absolute Gasteiger partial charge is 0.0699 e. The predicted molar refractivity (Wildman–Crippen MR) is 71.1 cm³/mol. The summed E-state index contributed by atoms with van der Waals surface area (Å²) in [5.41, 5.74) is 4.08. The standard InChI is InChI=1S/C16H27/c1-6-14-12(3)11(2)10-13-8-7-9-16(4,5)15(13)14/h6,11-12,14H,7-10H2,1-5H3. The van der Waals surface area contributed by atoms with E-state index < -0.39 is 0 Å². The molecule has 0 nitrogen and oxygen atoms in total. The summed E-state index contributed by atoms with van der Waals surface area (Å²) in [6.45, 7) is 12.1. The van der Waals surface area contributed by atoms with Gasteiger partial charge in [-0.15, -0.1) is 0 Å². The minimum Gasteiger partial charge on any atom is -0.0699 e. The number of rotatable bonds is 1. The molecule has 0 aliphatic heterocycles. The van der Waals surface area contributed by atoms with Gasteiger partial charge in [-0.05, 0) is 55.3 Å². The zero-order valence-corrected chi connectivity index (χ0v) is 11.6. The Balaban J connectivity index is 2.42. The zero-order chi connectivity index (χ0) is 11.9. The summed E-state index contributed by atoms with van der Waals surface area (Å²) < 4.78 is 0. The molecule has 1 radical (unpaired) electrons. The average Bonchev–Trinajstić information content (AvgIpc) is 2.20. The van der Waals surface area contributed by atoms with E-state index in [1.807, 2.05) is 11.1 Å². The molecule has 0 amide bonds. The molecule has 0 aromatic heterocycles. The van der Waals surface area contributed by atoms with Crippen LogP contribution < -0.4 is 0 Å². The molecule has 0 saturated heterocycles. The van der Waals surface area contributed by atoms with Crippen LogP contribution in [0.1, 0.15) is 60.3 Å². The topological polar surface area (TPSA) is 0 Å². The van der Waals surface area contributed by atoms with Crippen LogP contribution in [0.15, 0.2) is 11.1 Å². The lowest BCUT2D eigenvalue weighted by Crippen LogP contribution is -2.35. The van der Waals surface area contributed by atoms with Crippen LogP contribution in [-0.4, -0.2) is 0 Å². The Morgan fingerprint density at radius 2 is 1.94 bits per heavy atom. The van der Waals surface area contributed by atoms with Crippen molar-refractivity contribution >= 4 is 0 Å². The van der Waals surface area contributed by atoms with Crippen molar-refractivity contribution in [3.8, 4) is 0 Å². The van der Waals surface area contributed by atoms with Gasteiger partial charge in [0.1, 0.15) is 0 Å². The van der Waals surface area contributed by atoms with Crippen molar-refractivity contribution in [1.29, 1.82) is 0 Å². The van der Waals surface area contributed by atoms with E-state index in [0.29, 0.717) is 5.41 Å². The Labute approximate surface area is 102 Å². The summed E-state index contributed by atoms with van der Waals surface area (Å²) in [6, 6.07) is 0. The third-order valence-electron chi connectivity index (χ3n) is 5.12. The molecule has 0 N–H and O–H groups in total. The third kappa shape index (κ3) is 1.85. The second kappa shape index (κ2) is 4.20. The van der Waals surface area contributed by atoms with Gasteiger partial charge in [0.15, 0.2) is 0 Å². The molecule has 0 fully saturated rings. The molecular formula is C16H27. The molecule has 0 aromatic carbocycles. The van der Waals surface area contributed by atoms with Crippen LogP contribution in [0.5, 0.6) is 0 Å². The molecule has 2 aliphatic carbocycles. The Morgan fingerprint density at radius 1 is 1.25 bits per heavy atom. The molecule has 0 saturated carbocycles. The smallest absolute Gasteiger partial charge is 0.0138 e. The number of hydrogen-bond acceptors (Lipinski definition) is 0. The SMILES string of the molecule is C[CH]C1C2=C(CCCC2(C)C)CC(C)C1C. The quantitative estimate of drug-likeness (QED) is 0.544. The van der Waals surface area contributed by atoms with E-state index >= 15 is 0 Å². The Hall–Kier alpha value is -0.260. The fourth-order valence-corrected chi connectivity index (χ4v) is 4.05. The van der Waals surface area contributed by atoms with E-state index in [1.54, 1.807) is 0 Å². The van der Waals surface area contributed by atoms with Crippen LogP contribution in [0.2, 0.25) is 0 Å². The lowest BCUT2D eigenvalue weighted by Gasteiger charge is -2.47. The molecule has 2 aliphatic rings. The van der Waals surface area contributed by atoms with Gasteiger partial charge in [0.25, 0.3) is 0 Å². The third-order valence-corrected chi connectivity index (χ3v) is 5.12. The highest BCUT2D eigenvalue weighted by Crippen LogP contribution is 2.52. The molecular weight excluding hydrogens is 192 g/mol. The van der Waals surface area contributed by atoms with Crippen LogP contribution in [0.25, 0.3) is 0 Å². The molecule has 0 spiro atoms. The first-order valence-corrected chi connectivity index (χ1v) is 6.99. The van der Waals surface area contributed by atoms with Gasteiger partial charge in [0.2, 0.25) is 0 Å². The van der Waals surface area contributed by atoms with E-state index in [9.17, 15) is 0 Å². The molecule has 0 aromatic rings. The van der Waals surface area contributed by atoms with Crippen molar-refractivity contribution in [2.24, 2.45) is 23.2 Å². The maximum absolute atomic E-state index is 2.46. The van der Waals surface area contributed by atoms with Crippen LogP contribution in [0, 0.1) is 29.6 Å². The van der Waals surface area contributed by atoms with Crippen LogP contribution in [0.4, 0.5) is 0 Å². The van der Waals surface area contributed by atoms with Gasteiger partial charge in [0, 0.05) is 0 Å². The van der Waals surface area contributed by atoms with E-state index in [2.05, 4.69) is 41.0 Å². The average molecular weight is 219 g/mol. The van der Waals surface area contributed by atoms with Gasteiger partial charge in [-0.3, -0.25) is 0 Å². The van der Waals surface area contributed by atoms with Gasteiger partial charge < -0.3 is 0 Å². The van der Waals surface area contributed by atoms with Crippen molar-refractivity contribution in [3.63, 3.8) is 0 Å². The van der Waals surface area contributed by atoms with Gasteiger partial charge >= 0.3 is 0 Å². The predicted octanol–water partition coefficient (Wildman–Crippen LogP) is 5.01. The molecule has 0 heteroatoms. The highest BCUT2D eigenvalue weighted by molar-refractivity contribution is 5.31. The summed E-state index contributed by atoms with van der Waals surface area (Å²) in [5.74, 6) is 2.45. The first-order valence-electron chi connectivity index (χ1n) is 6.99. The van der Waals surface area contributed by atoms with Gasteiger partial charge in [-0.1, -0.05) is 45.8 Å². The first kappa shape index (κ1) is 12.2. The van der Waals surface area contributed by atoms with Crippen LogP contribution in [0.3, 0.4) is 0 Å². The Morgan fingerprint density at radius 3 is 2.56 bits per heavy atom. The van der Waals surface area contributed by atoms with Crippen molar-refractivity contribution in [2.75, 3.05) is 0 Å². The maximum Gasteiger partial charge on any atom is -0.0138 e. The molecule has 3 unspecified atom stereocenters. The molecule has 91 valence electrons. The van der Waals surface area contributed by atoms with E-state index in [4.69, 9.17) is 0 Å². The number of allylic oxidation sites excluding steroid dienone is 2. The van der Waals surface area contributed by atoms with Gasteiger partial charge in [-0.25, -0.2) is 0 Å². The van der Waals surface area contributed by atoms with E-state index in [0.717, 1.165) is 17.8 Å². The van der Waals surface area contributed by atoms with Crippen molar-refractivity contribution in [3.05, 3.63) is 17.6 Å². The monoisotopic (exact) mass is 219 g/mol. The molecule has 3 atom stereocenters. The lowest BCUT2D eigenvalue weighted by atomic mass is 9.58. The molecule has 0 heterocycles. The highest BCUT2D eigenvalue weighted by Gasteiger charge is 2.40. The zero-order valence-electron chi connectivity index (χ0n) is 11.6. The minimum atomic E-state index is 0.457. The normalized spacial score (nSPS) is 38.4. The lowest BCUT2D eigenvalue weighted by molar-refractivity contribution is 0.219. The van der Waals surface area contributed by atoms with Crippen molar-refractivity contribution < 1.29 is 0 Å². The summed E-state index contributed by atoms with van der Waals surface area (Å²) >= 11 is 0. The van der Waals surface area contributed by atoms with Crippen molar-refractivity contribution in [1.82, 2.24) is 0 Å². The van der Waals surface area contributed by atoms with E-state index in [-0.39, 0.29) is 0 Å². The highest BCUT2D eigenvalue weighted by atomic mass is 14.5. The fourth-order valence-electron chi connectivity index (χ4n) is 4.05. The van der Waals surface area contributed by atoms with E-state index in [1.165, 1.54) is 25.7 Å². The summed E-state index contributed by atoms with van der Waals surface area (Å²) in [4.78, 5) is 0. The minimum absolute atomic E-state index is 0.457. The van der Waals surface area contributed by atoms with Crippen LogP contribution in [-0.2, 0) is 0 Å². The second-order valence-corrected chi connectivity index (χ2v) is 6.65. The Bertz CT molecular complexity index is 295. The van der Waals surface area contributed by atoms with Crippen molar-refractivity contribution in [2.45, 2.75) is 60.3 Å². The summed E-state index contributed by atoms with van der Waals surface area (Å²) in [7, 11) is 0. The first-order chi connectivity index (χ1) is 7.47. The van der Waals surface area contributed by atoms with Gasteiger partial charge in [-0.2, -0.15) is 0 Å². The Kier molecular flexibility index (Phi) is 3.20. The number of hydrogen-bond donors (Lipinski definition) is 0. The second-order valence-electron chi connectivity index (χ2n) is 6.65. The van der Waals surface area contributed by atoms with Crippen LogP contribution >= 0.6 is 0 Å².